The maximum absolute atomic E-state index is 14.2. The molecule has 3 amide bonds. The number of benzene rings is 2. The molecule has 2 N–H and O–H groups in total. The fourth-order valence-corrected chi connectivity index (χ4v) is 3.34. The number of carbonyl (C=O) groups is 3. The highest BCUT2D eigenvalue weighted by molar-refractivity contribution is 6.12. The number of fused-ring (bicyclic) bond motifs is 1. The number of hydrogen-bond donors (Lipinski definition) is 2. The van der Waals surface area contributed by atoms with Crippen molar-refractivity contribution >= 4 is 29.1 Å². The molecule has 1 heterocycles. The van der Waals surface area contributed by atoms with Gasteiger partial charge in [-0.2, -0.15) is 0 Å². The van der Waals surface area contributed by atoms with Gasteiger partial charge in [0, 0.05) is 24.6 Å². The summed E-state index contributed by atoms with van der Waals surface area (Å²) < 4.78 is 14.2. The van der Waals surface area contributed by atoms with Gasteiger partial charge in [0.1, 0.15) is 5.82 Å². The second kappa shape index (κ2) is 8.86. The zero-order valence-electron chi connectivity index (χ0n) is 16.5. The Morgan fingerprint density at radius 1 is 1.24 bits per heavy atom. The first kappa shape index (κ1) is 20.5. The van der Waals surface area contributed by atoms with E-state index < -0.39 is 17.8 Å². The summed E-state index contributed by atoms with van der Waals surface area (Å²) >= 11 is 0. The molecule has 0 saturated heterocycles. The van der Waals surface area contributed by atoms with E-state index in [0.717, 1.165) is 12.8 Å². The van der Waals surface area contributed by atoms with Crippen molar-refractivity contribution in [3.63, 3.8) is 0 Å². The molecular formula is C22H24FN3O3. The minimum atomic E-state index is -0.623. The van der Waals surface area contributed by atoms with E-state index in [1.165, 1.54) is 23.1 Å². The lowest BCUT2D eigenvalue weighted by molar-refractivity contribution is -0.116. The zero-order chi connectivity index (χ0) is 21.0. The van der Waals surface area contributed by atoms with Crippen LogP contribution in [-0.2, 0) is 4.79 Å². The number of anilines is 2. The monoisotopic (exact) mass is 397 g/mol. The van der Waals surface area contributed by atoms with E-state index in [1.54, 1.807) is 31.2 Å². The number of unbranched alkanes of at least 4 members (excludes halogenated alkanes) is 1. The third-order valence-electron chi connectivity index (χ3n) is 4.85. The van der Waals surface area contributed by atoms with Gasteiger partial charge in [-0.15, -0.1) is 0 Å². The quantitative estimate of drug-likeness (QED) is 0.755. The Bertz CT molecular complexity index is 945. The summed E-state index contributed by atoms with van der Waals surface area (Å²) in [6, 6.07) is 10.0. The number of hydrogen-bond acceptors (Lipinski definition) is 3. The molecule has 3 rings (SSSR count). The standard InChI is InChI=1S/C22H24FN3O3/c1-3-4-11-24-21(28)15-9-10-19-18(13-15)25-20(27)12-14(2)26(19)22(29)16-7-5-6-8-17(16)23/h5-10,13-14H,3-4,11-12H2,1-2H3,(H,24,28)(H,25,27)/t14-/m0/s1. The van der Waals surface area contributed by atoms with Crippen LogP contribution in [-0.4, -0.2) is 30.3 Å². The summed E-state index contributed by atoms with van der Waals surface area (Å²) in [6.07, 6.45) is 1.90. The molecular weight excluding hydrogens is 373 g/mol. The van der Waals surface area contributed by atoms with E-state index in [9.17, 15) is 18.8 Å². The molecule has 0 fully saturated rings. The number of nitrogens with one attached hydrogen (secondary N) is 2. The molecule has 1 atom stereocenters. The predicted octanol–water partition coefficient (Wildman–Crippen LogP) is 3.73. The van der Waals surface area contributed by atoms with Gasteiger partial charge in [-0.25, -0.2) is 4.39 Å². The Kier molecular flexibility index (Phi) is 6.26. The largest absolute Gasteiger partial charge is 0.352 e. The first-order chi connectivity index (χ1) is 13.9. The molecule has 1 aliphatic rings. The van der Waals surface area contributed by atoms with Crippen LogP contribution in [0.2, 0.25) is 0 Å². The smallest absolute Gasteiger partial charge is 0.261 e. The van der Waals surface area contributed by atoms with Crippen LogP contribution in [0.1, 0.15) is 53.8 Å². The van der Waals surface area contributed by atoms with E-state index in [1.807, 2.05) is 6.92 Å². The van der Waals surface area contributed by atoms with Gasteiger partial charge in [0.2, 0.25) is 5.91 Å². The summed E-state index contributed by atoms with van der Waals surface area (Å²) in [6.45, 7) is 4.33. The molecule has 6 nitrogen and oxygen atoms in total. The van der Waals surface area contributed by atoms with E-state index >= 15 is 0 Å². The average Bonchev–Trinajstić information content (AvgIpc) is 2.81. The van der Waals surface area contributed by atoms with Crippen LogP contribution in [0.15, 0.2) is 42.5 Å². The molecule has 0 bridgehead atoms. The molecule has 7 heteroatoms. The first-order valence-corrected chi connectivity index (χ1v) is 9.72. The SMILES string of the molecule is CCCCNC(=O)c1ccc2c(c1)NC(=O)C[C@H](C)N2C(=O)c1ccccc1F. The number of halogens is 1. The van der Waals surface area contributed by atoms with Crippen LogP contribution in [0.3, 0.4) is 0 Å². The molecule has 0 unspecified atom stereocenters. The minimum Gasteiger partial charge on any atom is -0.352 e. The summed E-state index contributed by atoms with van der Waals surface area (Å²) in [7, 11) is 0. The molecule has 0 aromatic heterocycles. The highest BCUT2D eigenvalue weighted by Gasteiger charge is 2.32. The van der Waals surface area contributed by atoms with Crippen LogP contribution in [0.5, 0.6) is 0 Å². The molecule has 152 valence electrons. The van der Waals surface area contributed by atoms with E-state index in [4.69, 9.17) is 0 Å². The highest BCUT2D eigenvalue weighted by Crippen LogP contribution is 2.34. The molecule has 0 saturated carbocycles. The van der Waals surface area contributed by atoms with Crippen LogP contribution in [0.4, 0.5) is 15.8 Å². The van der Waals surface area contributed by atoms with E-state index in [-0.39, 0.29) is 23.8 Å². The van der Waals surface area contributed by atoms with Crippen molar-refractivity contribution in [3.05, 3.63) is 59.4 Å². The zero-order valence-corrected chi connectivity index (χ0v) is 16.5. The van der Waals surface area contributed by atoms with Crippen molar-refractivity contribution in [1.82, 2.24) is 5.32 Å². The average molecular weight is 397 g/mol. The normalized spacial score (nSPS) is 15.9. The highest BCUT2D eigenvalue weighted by atomic mass is 19.1. The third-order valence-corrected chi connectivity index (χ3v) is 4.85. The van der Waals surface area contributed by atoms with E-state index in [0.29, 0.717) is 23.5 Å². The first-order valence-electron chi connectivity index (χ1n) is 9.72. The second-order valence-corrected chi connectivity index (χ2v) is 7.10. The van der Waals surface area contributed by atoms with Crippen LogP contribution in [0.25, 0.3) is 0 Å². The maximum Gasteiger partial charge on any atom is 0.261 e. The van der Waals surface area contributed by atoms with Crippen molar-refractivity contribution in [1.29, 1.82) is 0 Å². The number of amides is 3. The van der Waals surface area contributed by atoms with Gasteiger partial charge in [-0.1, -0.05) is 25.5 Å². The van der Waals surface area contributed by atoms with Crippen molar-refractivity contribution in [3.8, 4) is 0 Å². The predicted molar refractivity (Wildman–Crippen MR) is 110 cm³/mol. The van der Waals surface area contributed by atoms with Gasteiger partial charge in [0.15, 0.2) is 0 Å². The Labute approximate surface area is 169 Å². The molecule has 2 aromatic carbocycles. The van der Waals surface area contributed by atoms with Gasteiger partial charge in [-0.05, 0) is 43.7 Å². The molecule has 1 aliphatic heterocycles. The summed E-state index contributed by atoms with van der Waals surface area (Å²) in [5, 5.41) is 5.59. The molecule has 0 aliphatic carbocycles. The lowest BCUT2D eigenvalue weighted by atomic mass is 10.1. The lowest BCUT2D eigenvalue weighted by Crippen LogP contribution is -2.39. The fourth-order valence-electron chi connectivity index (χ4n) is 3.34. The molecule has 29 heavy (non-hydrogen) atoms. The Balaban J connectivity index is 1.98. The van der Waals surface area contributed by atoms with Gasteiger partial charge in [0.05, 0.1) is 16.9 Å². The van der Waals surface area contributed by atoms with Gasteiger partial charge >= 0.3 is 0 Å². The second-order valence-electron chi connectivity index (χ2n) is 7.10. The Morgan fingerprint density at radius 2 is 2.00 bits per heavy atom. The number of rotatable bonds is 5. The van der Waals surface area contributed by atoms with E-state index in [2.05, 4.69) is 10.6 Å². The third kappa shape index (κ3) is 4.45. The van der Waals surface area contributed by atoms with Gasteiger partial charge in [-0.3, -0.25) is 14.4 Å². The van der Waals surface area contributed by atoms with Crippen molar-refractivity contribution < 1.29 is 18.8 Å². The van der Waals surface area contributed by atoms with Crippen LogP contribution >= 0.6 is 0 Å². The summed E-state index contributed by atoms with van der Waals surface area (Å²) in [5.41, 5.74) is 1.10. The van der Waals surface area contributed by atoms with Gasteiger partial charge in [0.25, 0.3) is 11.8 Å². The van der Waals surface area contributed by atoms with Gasteiger partial charge < -0.3 is 15.5 Å². The lowest BCUT2D eigenvalue weighted by Gasteiger charge is -2.28. The van der Waals surface area contributed by atoms with Crippen LogP contribution < -0.4 is 15.5 Å². The maximum atomic E-state index is 14.2. The summed E-state index contributed by atoms with van der Waals surface area (Å²) in [5.74, 6) is -1.68. The van der Waals surface area contributed by atoms with Crippen molar-refractivity contribution in [2.24, 2.45) is 0 Å². The molecule has 0 spiro atoms. The topological polar surface area (TPSA) is 78.5 Å². The molecule has 2 aromatic rings. The van der Waals surface area contributed by atoms with Crippen LogP contribution in [0, 0.1) is 5.82 Å². The van der Waals surface area contributed by atoms with Crippen molar-refractivity contribution in [2.45, 2.75) is 39.2 Å². The van der Waals surface area contributed by atoms with Crippen molar-refractivity contribution in [2.75, 3.05) is 16.8 Å². The molecule has 0 radical (unpaired) electrons. The minimum absolute atomic E-state index is 0.0624. The summed E-state index contributed by atoms with van der Waals surface area (Å²) in [4.78, 5) is 39.2. The fraction of sp³-hybridized carbons (Fsp3) is 0.318. The number of nitrogens with zero attached hydrogens (tertiary/aromatic N) is 1. The Hall–Kier alpha value is -3.22. The number of carbonyl (C=O) groups excluding carboxylic acids is 3. The Morgan fingerprint density at radius 3 is 2.72 bits per heavy atom.